The van der Waals surface area contributed by atoms with Crippen LogP contribution >= 0.6 is 0 Å². The Labute approximate surface area is 107 Å². The van der Waals surface area contributed by atoms with E-state index in [0.29, 0.717) is 18.9 Å². The number of carbonyl (C=O) groups excluding carboxylic acids is 1. The zero-order valence-corrected chi connectivity index (χ0v) is 10.4. The van der Waals surface area contributed by atoms with Crippen LogP contribution in [-0.2, 0) is 11.2 Å². The molecule has 18 heavy (non-hydrogen) atoms. The van der Waals surface area contributed by atoms with Crippen LogP contribution in [0, 0.1) is 5.82 Å². The van der Waals surface area contributed by atoms with Crippen molar-refractivity contribution in [2.75, 3.05) is 13.1 Å². The van der Waals surface area contributed by atoms with Crippen molar-refractivity contribution in [1.82, 2.24) is 10.6 Å². The maximum absolute atomic E-state index is 12.7. The standard InChI is InChI=1S/C14H19FN2O/c15-12-4-1-11(2-5-12)3-6-14(18)17-13-7-9-16-10-8-13/h1-2,4-5,13,16H,3,6-10H2,(H,17,18). The van der Waals surface area contributed by atoms with Gasteiger partial charge in [-0.3, -0.25) is 4.79 Å². The third-order valence-corrected chi connectivity index (χ3v) is 3.26. The van der Waals surface area contributed by atoms with Crippen LogP contribution in [0.2, 0.25) is 0 Å². The first kappa shape index (κ1) is 13.0. The van der Waals surface area contributed by atoms with Crippen molar-refractivity contribution < 1.29 is 9.18 Å². The van der Waals surface area contributed by atoms with Gasteiger partial charge in [0, 0.05) is 12.5 Å². The Morgan fingerprint density at radius 2 is 1.94 bits per heavy atom. The highest BCUT2D eigenvalue weighted by Crippen LogP contribution is 2.07. The Bertz CT molecular complexity index is 385. The van der Waals surface area contributed by atoms with Crippen molar-refractivity contribution in [3.8, 4) is 0 Å². The van der Waals surface area contributed by atoms with E-state index in [2.05, 4.69) is 10.6 Å². The number of piperidine rings is 1. The van der Waals surface area contributed by atoms with Crippen molar-refractivity contribution in [3.63, 3.8) is 0 Å². The highest BCUT2D eigenvalue weighted by molar-refractivity contribution is 5.76. The van der Waals surface area contributed by atoms with E-state index >= 15 is 0 Å². The molecule has 0 unspecified atom stereocenters. The van der Waals surface area contributed by atoms with E-state index in [1.54, 1.807) is 12.1 Å². The van der Waals surface area contributed by atoms with Crippen LogP contribution < -0.4 is 10.6 Å². The molecule has 1 aliphatic rings. The van der Waals surface area contributed by atoms with Gasteiger partial charge in [-0.2, -0.15) is 0 Å². The predicted octanol–water partition coefficient (Wildman–Crippen LogP) is 1.63. The molecule has 0 radical (unpaired) electrons. The van der Waals surface area contributed by atoms with E-state index < -0.39 is 0 Å². The number of carbonyl (C=O) groups is 1. The summed E-state index contributed by atoms with van der Waals surface area (Å²) in [7, 11) is 0. The summed E-state index contributed by atoms with van der Waals surface area (Å²) < 4.78 is 12.7. The van der Waals surface area contributed by atoms with Crippen LogP contribution in [0.25, 0.3) is 0 Å². The van der Waals surface area contributed by atoms with Crippen molar-refractivity contribution in [1.29, 1.82) is 0 Å². The van der Waals surface area contributed by atoms with E-state index in [1.165, 1.54) is 12.1 Å². The van der Waals surface area contributed by atoms with Gasteiger partial charge in [-0.1, -0.05) is 12.1 Å². The zero-order chi connectivity index (χ0) is 12.8. The van der Waals surface area contributed by atoms with E-state index in [1.807, 2.05) is 0 Å². The van der Waals surface area contributed by atoms with Gasteiger partial charge in [-0.25, -0.2) is 4.39 Å². The Morgan fingerprint density at radius 1 is 1.28 bits per heavy atom. The van der Waals surface area contributed by atoms with Gasteiger partial charge in [-0.05, 0) is 50.0 Å². The van der Waals surface area contributed by atoms with Crippen LogP contribution in [0.3, 0.4) is 0 Å². The number of rotatable bonds is 4. The fraction of sp³-hybridized carbons (Fsp3) is 0.500. The van der Waals surface area contributed by atoms with E-state index in [4.69, 9.17) is 0 Å². The first-order valence-corrected chi connectivity index (χ1v) is 6.48. The molecule has 0 aliphatic carbocycles. The topological polar surface area (TPSA) is 41.1 Å². The van der Waals surface area contributed by atoms with E-state index in [-0.39, 0.29) is 11.7 Å². The number of halogens is 1. The lowest BCUT2D eigenvalue weighted by atomic mass is 10.1. The molecule has 0 aromatic heterocycles. The number of aryl methyl sites for hydroxylation is 1. The number of amides is 1. The van der Waals surface area contributed by atoms with Crippen LogP contribution in [-0.4, -0.2) is 25.0 Å². The average molecular weight is 250 g/mol. The number of nitrogens with one attached hydrogen (secondary N) is 2. The summed E-state index contributed by atoms with van der Waals surface area (Å²) in [6, 6.07) is 6.63. The summed E-state index contributed by atoms with van der Waals surface area (Å²) in [5, 5.41) is 6.31. The molecule has 1 amide bonds. The van der Waals surface area contributed by atoms with E-state index in [0.717, 1.165) is 31.5 Å². The lowest BCUT2D eigenvalue weighted by molar-refractivity contribution is -0.121. The normalized spacial score (nSPS) is 16.5. The second-order valence-electron chi connectivity index (χ2n) is 4.72. The van der Waals surface area contributed by atoms with Gasteiger partial charge in [0.25, 0.3) is 0 Å². The zero-order valence-electron chi connectivity index (χ0n) is 10.4. The molecule has 0 atom stereocenters. The number of hydrogen-bond donors (Lipinski definition) is 2. The number of benzene rings is 1. The Kier molecular flexibility index (Phi) is 4.70. The van der Waals surface area contributed by atoms with Gasteiger partial charge < -0.3 is 10.6 Å². The second kappa shape index (κ2) is 6.50. The van der Waals surface area contributed by atoms with Crippen LogP contribution in [0.15, 0.2) is 24.3 Å². The fourth-order valence-electron chi connectivity index (χ4n) is 2.18. The fourth-order valence-corrected chi connectivity index (χ4v) is 2.18. The third-order valence-electron chi connectivity index (χ3n) is 3.26. The largest absolute Gasteiger partial charge is 0.353 e. The van der Waals surface area contributed by atoms with Gasteiger partial charge >= 0.3 is 0 Å². The lowest BCUT2D eigenvalue weighted by Gasteiger charge is -2.23. The summed E-state index contributed by atoms with van der Waals surface area (Å²) in [4.78, 5) is 11.7. The maximum Gasteiger partial charge on any atom is 0.220 e. The molecule has 4 heteroatoms. The summed E-state index contributed by atoms with van der Waals surface area (Å²) in [6.45, 7) is 1.95. The number of hydrogen-bond acceptors (Lipinski definition) is 2. The van der Waals surface area contributed by atoms with Crippen LogP contribution in [0.1, 0.15) is 24.8 Å². The molecule has 1 heterocycles. The molecule has 1 aromatic carbocycles. The second-order valence-corrected chi connectivity index (χ2v) is 4.72. The summed E-state index contributed by atoms with van der Waals surface area (Å²) in [5.41, 5.74) is 0.997. The summed E-state index contributed by atoms with van der Waals surface area (Å²) in [6.07, 6.45) is 3.14. The van der Waals surface area contributed by atoms with Crippen molar-refractivity contribution >= 4 is 5.91 Å². The first-order chi connectivity index (χ1) is 8.74. The molecule has 1 aliphatic heterocycles. The van der Waals surface area contributed by atoms with Crippen molar-refractivity contribution in [3.05, 3.63) is 35.6 Å². The van der Waals surface area contributed by atoms with Gasteiger partial charge in [0.15, 0.2) is 0 Å². The minimum atomic E-state index is -0.238. The maximum atomic E-state index is 12.7. The molecular weight excluding hydrogens is 231 g/mol. The molecule has 0 saturated carbocycles. The minimum Gasteiger partial charge on any atom is -0.353 e. The molecule has 3 nitrogen and oxygen atoms in total. The smallest absolute Gasteiger partial charge is 0.220 e. The van der Waals surface area contributed by atoms with Crippen molar-refractivity contribution in [2.24, 2.45) is 0 Å². The van der Waals surface area contributed by atoms with Crippen molar-refractivity contribution in [2.45, 2.75) is 31.7 Å². The molecule has 1 saturated heterocycles. The molecule has 2 N–H and O–H groups in total. The Balaban J connectivity index is 1.72. The Hall–Kier alpha value is -1.42. The quantitative estimate of drug-likeness (QED) is 0.852. The van der Waals surface area contributed by atoms with Gasteiger partial charge in [-0.15, -0.1) is 0 Å². The van der Waals surface area contributed by atoms with Crippen LogP contribution in [0.5, 0.6) is 0 Å². The van der Waals surface area contributed by atoms with Gasteiger partial charge in [0.05, 0.1) is 0 Å². The molecule has 1 fully saturated rings. The first-order valence-electron chi connectivity index (χ1n) is 6.48. The lowest BCUT2D eigenvalue weighted by Crippen LogP contribution is -2.42. The molecule has 98 valence electrons. The average Bonchev–Trinajstić information content (AvgIpc) is 2.39. The third kappa shape index (κ3) is 4.11. The molecular formula is C14H19FN2O. The Morgan fingerprint density at radius 3 is 2.61 bits per heavy atom. The van der Waals surface area contributed by atoms with Gasteiger partial charge in [0.2, 0.25) is 5.91 Å². The monoisotopic (exact) mass is 250 g/mol. The highest BCUT2D eigenvalue weighted by atomic mass is 19.1. The molecule has 1 aromatic rings. The van der Waals surface area contributed by atoms with Crippen LogP contribution in [0.4, 0.5) is 4.39 Å². The summed E-state index contributed by atoms with van der Waals surface area (Å²) >= 11 is 0. The predicted molar refractivity (Wildman–Crippen MR) is 68.8 cm³/mol. The minimum absolute atomic E-state index is 0.0891. The molecule has 0 bridgehead atoms. The SMILES string of the molecule is O=C(CCc1ccc(F)cc1)NC1CCNCC1. The van der Waals surface area contributed by atoms with E-state index in [9.17, 15) is 9.18 Å². The summed E-state index contributed by atoms with van der Waals surface area (Å²) in [5.74, 6) is -0.149. The van der Waals surface area contributed by atoms with Gasteiger partial charge in [0.1, 0.15) is 5.82 Å². The molecule has 0 spiro atoms. The molecule has 2 rings (SSSR count). The highest BCUT2D eigenvalue weighted by Gasteiger charge is 2.14.